The zero-order valence-corrected chi connectivity index (χ0v) is 11.9. The van der Waals surface area contributed by atoms with Gasteiger partial charge in [0.1, 0.15) is 10.7 Å². The highest BCUT2D eigenvalue weighted by Crippen LogP contribution is 2.26. The van der Waals surface area contributed by atoms with Crippen molar-refractivity contribution in [1.82, 2.24) is 10.2 Å². The summed E-state index contributed by atoms with van der Waals surface area (Å²) in [7, 11) is 0. The van der Waals surface area contributed by atoms with Crippen molar-refractivity contribution < 1.29 is 4.74 Å². The second-order valence-electron chi connectivity index (χ2n) is 4.37. The van der Waals surface area contributed by atoms with Crippen LogP contribution in [-0.2, 0) is 0 Å². The van der Waals surface area contributed by atoms with E-state index in [4.69, 9.17) is 22.7 Å². The van der Waals surface area contributed by atoms with E-state index in [1.165, 1.54) is 0 Å². The normalized spacial score (nSPS) is 10.3. The Morgan fingerprint density at radius 1 is 1.11 bits per heavy atom. The van der Waals surface area contributed by atoms with Crippen molar-refractivity contribution in [3.63, 3.8) is 0 Å². The van der Waals surface area contributed by atoms with Gasteiger partial charge in [-0.15, -0.1) is 5.10 Å². The quantitative estimate of drug-likeness (QED) is 0.871. The number of hydrogen-bond donors (Lipinski definition) is 1. The predicted molar refractivity (Wildman–Crippen MR) is 78.6 cm³/mol. The molecule has 0 bridgehead atoms. The topological polar surface area (TPSA) is 61.0 Å². The van der Waals surface area contributed by atoms with E-state index >= 15 is 0 Å². The SMILES string of the molecule is Cc1ccc(Oc2nnc(C)c(C)c2C(N)=S)cc1. The van der Waals surface area contributed by atoms with Crippen LogP contribution in [0.1, 0.15) is 22.4 Å². The minimum atomic E-state index is 0.262. The smallest absolute Gasteiger partial charge is 0.249 e. The fourth-order valence-corrected chi connectivity index (χ4v) is 1.91. The summed E-state index contributed by atoms with van der Waals surface area (Å²) in [5.74, 6) is 1.03. The minimum absolute atomic E-state index is 0.262. The molecule has 0 saturated carbocycles. The van der Waals surface area contributed by atoms with Crippen molar-refractivity contribution in [1.29, 1.82) is 0 Å². The van der Waals surface area contributed by atoms with Crippen LogP contribution >= 0.6 is 12.2 Å². The predicted octanol–water partition coefficient (Wildman–Crippen LogP) is 2.83. The molecule has 1 aromatic heterocycles. The van der Waals surface area contributed by atoms with Crippen molar-refractivity contribution >= 4 is 17.2 Å². The Bertz CT molecular complexity index is 623. The molecular weight excluding hydrogens is 258 g/mol. The second kappa shape index (κ2) is 5.32. The van der Waals surface area contributed by atoms with Crippen LogP contribution in [0.15, 0.2) is 24.3 Å². The van der Waals surface area contributed by atoms with E-state index < -0.39 is 0 Å². The lowest BCUT2D eigenvalue weighted by molar-refractivity contribution is 0.452. The second-order valence-corrected chi connectivity index (χ2v) is 4.81. The van der Waals surface area contributed by atoms with E-state index in [9.17, 15) is 0 Å². The molecule has 0 saturated heterocycles. The third-order valence-corrected chi connectivity index (χ3v) is 3.11. The lowest BCUT2D eigenvalue weighted by Gasteiger charge is -2.12. The molecule has 5 heteroatoms. The van der Waals surface area contributed by atoms with Gasteiger partial charge in [-0.05, 0) is 38.5 Å². The first-order valence-electron chi connectivity index (χ1n) is 5.87. The molecule has 0 amide bonds. The molecule has 0 aliphatic heterocycles. The number of aromatic nitrogens is 2. The molecule has 0 unspecified atom stereocenters. The zero-order chi connectivity index (χ0) is 14.0. The monoisotopic (exact) mass is 273 g/mol. The molecular formula is C14H15N3OS. The molecule has 19 heavy (non-hydrogen) atoms. The lowest BCUT2D eigenvalue weighted by atomic mass is 10.1. The first-order chi connectivity index (χ1) is 8.99. The Hall–Kier alpha value is -2.01. The molecule has 2 N–H and O–H groups in total. The number of thiocarbonyl (C=S) groups is 1. The summed E-state index contributed by atoms with van der Waals surface area (Å²) < 4.78 is 5.72. The number of ether oxygens (including phenoxy) is 1. The maximum Gasteiger partial charge on any atom is 0.249 e. The minimum Gasteiger partial charge on any atom is -0.437 e. The third-order valence-electron chi connectivity index (χ3n) is 2.90. The summed E-state index contributed by atoms with van der Waals surface area (Å²) in [6.45, 7) is 5.78. The number of aryl methyl sites for hydroxylation is 2. The van der Waals surface area contributed by atoms with Crippen LogP contribution in [0, 0.1) is 20.8 Å². The van der Waals surface area contributed by atoms with Gasteiger partial charge >= 0.3 is 0 Å². The molecule has 4 nitrogen and oxygen atoms in total. The molecule has 1 heterocycles. The summed E-state index contributed by atoms with van der Waals surface area (Å²) >= 11 is 5.06. The summed E-state index contributed by atoms with van der Waals surface area (Å²) in [6, 6.07) is 7.67. The average molecular weight is 273 g/mol. The molecule has 0 aliphatic carbocycles. The number of nitrogens with two attached hydrogens (primary N) is 1. The van der Waals surface area contributed by atoms with Gasteiger partial charge in [-0.1, -0.05) is 29.9 Å². The van der Waals surface area contributed by atoms with Gasteiger partial charge in [0.15, 0.2) is 0 Å². The Morgan fingerprint density at radius 3 is 2.32 bits per heavy atom. The first kappa shape index (κ1) is 13.4. The Morgan fingerprint density at radius 2 is 1.74 bits per heavy atom. The summed E-state index contributed by atoms with van der Waals surface area (Å²) in [5.41, 5.74) is 9.23. The fourth-order valence-electron chi connectivity index (χ4n) is 1.67. The van der Waals surface area contributed by atoms with E-state index in [2.05, 4.69) is 10.2 Å². The highest BCUT2D eigenvalue weighted by Gasteiger charge is 2.15. The lowest BCUT2D eigenvalue weighted by Crippen LogP contribution is -2.15. The maximum absolute atomic E-state index is 5.75. The van der Waals surface area contributed by atoms with Crippen molar-refractivity contribution in [2.24, 2.45) is 5.73 Å². The van der Waals surface area contributed by atoms with Crippen molar-refractivity contribution in [3.05, 3.63) is 46.6 Å². The van der Waals surface area contributed by atoms with E-state index in [1.807, 2.05) is 45.0 Å². The van der Waals surface area contributed by atoms with Crippen LogP contribution in [0.4, 0.5) is 0 Å². The summed E-state index contributed by atoms with van der Waals surface area (Å²) in [4.78, 5) is 0.262. The van der Waals surface area contributed by atoms with Gasteiger partial charge < -0.3 is 10.5 Å². The molecule has 0 aliphatic rings. The van der Waals surface area contributed by atoms with E-state index in [0.29, 0.717) is 17.2 Å². The van der Waals surface area contributed by atoms with E-state index in [1.54, 1.807) is 0 Å². The van der Waals surface area contributed by atoms with Crippen LogP contribution in [-0.4, -0.2) is 15.2 Å². The van der Waals surface area contributed by atoms with Crippen LogP contribution in [0.2, 0.25) is 0 Å². The third kappa shape index (κ3) is 2.88. The highest BCUT2D eigenvalue weighted by atomic mass is 32.1. The van der Waals surface area contributed by atoms with Crippen LogP contribution < -0.4 is 10.5 Å². The number of hydrogen-bond acceptors (Lipinski definition) is 4. The molecule has 0 radical (unpaired) electrons. The standard InChI is InChI=1S/C14H15N3OS/c1-8-4-6-11(7-5-8)18-14-12(13(15)19)9(2)10(3)16-17-14/h4-7H,1-3H3,(H2,15,19). The van der Waals surface area contributed by atoms with Crippen LogP contribution in [0.5, 0.6) is 11.6 Å². The number of benzene rings is 1. The van der Waals surface area contributed by atoms with Gasteiger partial charge in [-0.25, -0.2) is 0 Å². The summed E-state index contributed by atoms with van der Waals surface area (Å²) in [6.07, 6.45) is 0. The van der Waals surface area contributed by atoms with Gasteiger partial charge in [0, 0.05) is 0 Å². The van der Waals surface area contributed by atoms with Gasteiger partial charge in [0.25, 0.3) is 0 Å². The van der Waals surface area contributed by atoms with Crippen molar-refractivity contribution in [3.8, 4) is 11.6 Å². The molecule has 2 aromatic rings. The van der Waals surface area contributed by atoms with E-state index in [-0.39, 0.29) is 4.99 Å². The molecule has 1 aromatic carbocycles. The highest BCUT2D eigenvalue weighted by molar-refractivity contribution is 7.80. The van der Waals surface area contributed by atoms with E-state index in [0.717, 1.165) is 16.8 Å². The Kier molecular flexibility index (Phi) is 3.76. The fraction of sp³-hybridized carbons (Fsp3) is 0.214. The summed E-state index contributed by atoms with van der Waals surface area (Å²) in [5, 5.41) is 8.08. The number of nitrogens with zero attached hydrogens (tertiary/aromatic N) is 2. The molecule has 98 valence electrons. The molecule has 2 rings (SSSR count). The van der Waals surface area contributed by atoms with Crippen molar-refractivity contribution in [2.45, 2.75) is 20.8 Å². The van der Waals surface area contributed by atoms with Gasteiger partial charge in [-0.3, -0.25) is 0 Å². The van der Waals surface area contributed by atoms with Gasteiger partial charge in [0.05, 0.1) is 11.3 Å². The largest absolute Gasteiger partial charge is 0.437 e. The van der Waals surface area contributed by atoms with Crippen LogP contribution in [0.25, 0.3) is 0 Å². The Balaban J connectivity index is 2.42. The Labute approximate surface area is 117 Å². The van der Waals surface area contributed by atoms with Crippen molar-refractivity contribution in [2.75, 3.05) is 0 Å². The van der Waals surface area contributed by atoms with Gasteiger partial charge in [0.2, 0.25) is 5.88 Å². The maximum atomic E-state index is 5.75. The molecule has 0 atom stereocenters. The molecule has 0 fully saturated rings. The van der Waals surface area contributed by atoms with Crippen LogP contribution in [0.3, 0.4) is 0 Å². The average Bonchev–Trinajstić information content (AvgIpc) is 2.36. The number of rotatable bonds is 3. The van der Waals surface area contributed by atoms with Gasteiger partial charge in [-0.2, -0.15) is 5.10 Å². The first-order valence-corrected chi connectivity index (χ1v) is 6.28. The molecule has 0 spiro atoms. The zero-order valence-electron chi connectivity index (χ0n) is 11.1.